The zero-order valence-electron chi connectivity index (χ0n) is 13.7. The van der Waals surface area contributed by atoms with Crippen LogP contribution in [-0.4, -0.2) is 65.2 Å². The number of unbranched alkanes of at least 4 members (excludes halogenated alkanes) is 1. The lowest BCUT2D eigenvalue weighted by molar-refractivity contribution is 0.0372. The van der Waals surface area contributed by atoms with E-state index in [9.17, 15) is 4.79 Å². The largest absolute Gasteiger partial charge is 0.379 e. The highest BCUT2D eigenvalue weighted by Gasteiger charge is 2.09. The van der Waals surface area contributed by atoms with E-state index in [1.54, 1.807) is 29.2 Å². The van der Waals surface area contributed by atoms with Crippen molar-refractivity contribution >= 4 is 5.91 Å². The van der Waals surface area contributed by atoms with Crippen molar-refractivity contribution in [3.8, 4) is 5.69 Å². The van der Waals surface area contributed by atoms with Crippen LogP contribution in [0.2, 0.25) is 0 Å². The first-order valence-electron chi connectivity index (χ1n) is 8.38. The summed E-state index contributed by atoms with van der Waals surface area (Å²) in [6, 6.07) is 7.34. The number of rotatable bonds is 7. The van der Waals surface area contributed by atoms with Crippen molar-refractivity contribution in [1.29, 1.82) is 0 Å². The van der Waals surface area contributed by atoms with Gasteiger partial charge in [0, 0.05) is 25.2 Å². The summed E-state index contributed by atoms with van der Waals surface area (Å²) in [6.07, 6.45) is 5.47. The van der Waals surface area contributed by atoms with E-state index >= 15 is 0 Å². The van der Waals surface area contributed by atoms with Crippen LogP contribution in [-0.2, 0) is 4.74 Å². The second-order valence-electron chi connectivity index (χ2n) is 5.81. The number of nitrogens with zero attached hydrogens (tertiary/aromatic N) is 4. The summed E-state index contributed by atoms with van der Waals surface area (Å²) in [6.45, 7) is 5.48. The average molecular weight is 329 g/mol. The van der Waals surface area contributed by atoms with Gasteiger partial charge >= 0.3 is 0 Å². The highest BCUT2D eigenvalue weighted by atomic mass is 16.5. The van der Waals surface area contributed by atoms with Crippen LogP contribution in [0.5, 0.6) is 0 Å². The lowest BCUT2D eigenvalue weighted by Gasteiger charge is -2.26. The lowest BCUT2D eigenvalue weighted by atomic mass is 10.2. The van der Waals surface area contributed by atoms with Gasteiger partial charge in [0.05, 0.1) is 31.3 Å². The summed E-state index contributed by atoms with van der Waals surface area (Å²) < 4.78 is 6.99. The van der Waals surface area contributed by atoms with E-state index in [0.717, 1.165) is 51.4 Å². The number of hydrogen-bond donors (Lipinski definition) is 1. The third-order valence-electron chi connectivity index (χ3n) is 4.11. The Morgan fingerprint density at radius 1 is 1.17 bits per heavy atom. The molecule has 0 unspecified atom stereocenters. The molecule has 1 amide bonds. The zero-order valence-corrected chi connectivity index (χ0v) is 13.7. The molecule has 0 bridgehead atoms. The number of benzene rings is 1. The molecule has 2 heterocycles. The summed E-state index contributed by atoms with van der Waals surface area (Å²) in [5.41, 5.74) is 1.54. The Kier molecular flexibility index (Phi) is 5.92. The number of morpholine rings is 1. The quantitative estimate of drug-likeness (QED) is 0.771. The first-order valence-corrected chi connectivity index (χ1v) is 8.38. The molecule has 3 rings (SSSR count). The van der Waals surface area contributed by atoms with E-state index in [0.29, 0.717) is 12.1 Å². The van der Waals surface area contributed by atoms with Gasteiger partial charge in [-0.3, -0.25) is 9.69 Å². The molecule has 0 atom stereocenters. The van der Waals surface area contributed by atoms with E-state index in [4.69, 9.17) is 4.74 Å². The normalized spacial score (nSPS) is 15.3. The molecule has 0 spiro atoms. The lowest BCUT2D eigenvalue weighted by Crippen LogP contribution is -2.37. The van der Waals surface area contributed by atoms with Gasteiger partial charge in [-0.15, -0.1) is 5.10 Å². The standard InChI is InChI=1S/C17H23N5O2/c23-17(18-7-1-2-9-21-11-13-24-14-12-21)15-3-5-16(6-4-15)22-10-8-19-20-22/h3-6,8,10H,1-2,7,9,11-14H2,(H,18,23). The van der Waals surface area contributed by atoms with Gasteiger partial charge in [0.1, 0.15) is 0 Å². The fourth-order valence-corrected chi connectivity index (χ4v) is 2.70. The molecule has 1 aromatic carbocycles. The van der Waals surface area contributed by atoms with Crippen molar-refractivity contribution in [3.05, 3.63) is 42.2 Å². The number of carbonyl (C=O) groups excluding carboxylic acids is 1. The SMILES string of the molecule is O=C(NCCCCN1CCOCC1)c1ccc(-n2ccnn2)cc1. The maximum absolute atomic E-state index is 12.1. The van der Waals surface area contributed by atoms with E-state index in [-0.39, 0.29) is 5.91 Å². The van der Waals surface area contributed by atoms with Crippen LogP contribution >= 0.6 is 0 Å². The zero-order chi connectivity index (χ0) is 16.6. The number of hydrogen-bond acceptors (Lipinski definition) is 5. The van der Waals surface area contributed by atoms with Crippen LogP contribution in [0.3, 0.4) is 0 Å². The van der Waals surface area contributed by atoms with Gasteiger partial charge in [0.25, 0.3) is 5.91 Å². The number of nitrogens with one attached hydrogen (secondary N) is 1. The minimum atomic E-state index is -0.0356. The van der Waals surface area contributed by atoms with E-state index in [1.807, 2.05) is 12.1 Å². The number of amides is 1. The van der Waals surface area contributed by atoms with Crippen LogP contribution in [0.15, 0.2) is 36.7 Å². The van der Waals surface area contributed by atoms with Gasteiger partial charge in [-0.2, -0.15) is 0 Å². The molecule has 1 saturated heterocycles. The molecule has 7 nitrogen and oxygen atoms in total. The number of ether oxygens (including phenoxy) is 1. The van der Waals surface area contributed by atoms with Gasteiger partial charge in [0.2, 0.25) is 0 Å². The molecule has 0 radical (unpaired) electrons. The molecular weight excluding hydrogens is 306 g/mol. The molecule has 1 aliphatic rings. The number of aromatic nitrogens is 3. The first-order chi connectivity index (χ1) is 11.8. The van der Waals surface area contributed by atoms with Crippen LogP contribution in [0.4, 0.5) is 0 Å². The Hall–Kier alpha value is -2.25. The molecule has 1 fully saturated rings. The predicted octanol–water partition coefficient (Wildman–Crippen LogP) is 1.11. The molecule has 1 N–H and O–H groups in total. The summed E-state index contributed by atoms with van der Waals surface area (Å²) >= 11 is 0. The Morgan fingerprint density at radius 2 is 1.96 bits per heavy atom. The van der Waals surface area contributed by atoms with Crippen molar-refractivity contribution in [2.45, 2.75) is 12.8 Å². The molecule has 0 saturated carbocycles. The van der Waals surface area contributed by atoms with Gasteiger partial charge in [-0.1, -0.05) is 5.21 Å². The van der Waals surface area contributed by atoms with E-state index in [2.05, 4.69) is 20.5 Å². The smallest absolute Gasteiger partial charge is 0.251 e. The Labute approximate surface area is 141 Å². The minimum Gasteiger partial charge on any atom is -0.379 e. The summed E-state index contributed by atoms with van der Waals surface area (Å²) in [5.74, 6) is -0.0356. The number of carbonyl (C=O) groups is 1. The Bertz CT molecular complexity index is 621. The van der Waals surface area contributed by atoms with Gasteiger partial charge < -0.3 is 10.1 Å². The fourth-order valence-electron chi connectivity index (χ4n) is 2.70. The molecule has 7 heteroatoms. The van der Waals surface area contributed by atoms with Crippen LogP contribution < -0.4 is 5.32 Å². The fraction of sp³-hybridized carbons (Fsp3) is 0.471. The maximum Gasteiger partial charge on any atom is 0.251 e. The van der Waals surface area contributed by atoms with Crippen molar-refractivity contribution in [2.24, 2.45) is 0 Å². The highest BCUT2D eigenvalue weighted by molar-refractivity contribution is 5.94. The topological polar surface area (TPSA) is 72.3 Å². The second-order valence-corrected chi connectivity index (χ2v) is 5.81. The molecule has 0 aliphatic carbocycles. The molecule has 2 aromatic rings. The first kappa shape index (κ1) is 16.6. The van der Waals surface area contributed by atoms with Gasteiger partial charge in [-0.05, 0) is 43.7 Å². The monoisotopic (exact) mass is 329 g/mol. The molecule has 128 valence electrons. The van der Waals surface area contributed by atoms with Gasteiger partial charge in [0.15, 0.2) is 0 Å². The molecular formula is C17H23N5O2. The van der Waals surface area contributed by atoms with E-state index < -0.39 is 0 Å². The second kappa shape index (κ2) is 8.56. The van der Waals surface area contributed by atoms with Crippen molar-refractivity contribution in [3.63, 3.8) is 0 Å². The minimum absolute atomic E-state index is 0.0356. The van der Waals surface area contributed by atoms with Crippen molar-refractivity contribution in [2.75, 3.05) is 39.4 Å². The van der Waals surface area contributed by atoms with Gasteiger partial charge in [-0.25, -0.2) is 4.68 Å². The average Bonchev–Trinajstić information content (AvgIpc) is 3.17. The highest BCUT2D eigenvalue weighted by Crippen LogP contribution is 2.08. The summed E-state index contributed by atoms with van der Waals surface area (Å²) in [4.78, 5) is 14.5. The van der Waals surface area contributed by atoms with Crippen LogP contribution in [0.25, 0.3) is 5.69 Å². The molecule has 24 heavy (non-hydrogen) atoms. The maximum atomic E-state index is 12.1. The van der Waals surface area contributed by atoms with E-state index in [1.165, 1.54) is 0 Å². The Balaban J connectivity index is 1.37. The predicted molar refractivity (Wildman–Crippen MR) is 90.2 cm³/mol. The third kappa shape index (κ3) is 4.62. The van der Waals surface area contributed by atoms with Crippen molar-refractivity contribution < 1.29 is 9.53 Å². The van der Waals surface area contributed by atoms with Crippen LogP contribution in [0, 0.1) is 0 Å². The summed E-state index contributed by atoms with van der Waals surface area (Å²) in [7, 11) is 0. The third-order valence-corrected chi connectivity index (χ3v) is 4.11. The molecule has 1 aromatic heterocycles. The molecule has 1 aliphatic heterocycles. The summed E-state index contributed by atoms with van der Waals surface area (Å²) in [5, 5.41) is 10.7. The van der Waals surface area contributed by atoms with Crippen molar-refractivity contribution in [1.82, 2.24) is 25.2 Å². The Morgan fingerprint density at radius 3 is 2.67 bits per heavy atom. The van der Waals surface area contributed by atoms with Crippen LogP contribution in [0.1, 0.15) is 23.2 Å².